The Bertz CT molecular complexity index is 1350. The van der Waals surface area contributed by atoms with Crippen molar-refractivity contribution in [3.05, 3.63) is 71.8 Å². The predicted molar refractivity (Wildman–Crippen MR) is 151 cm³/mol. The standard InChI is InChI=1S/C29H34N6O3/c1-20(30)33-12-3-13-34(15-14-33)25-8-10-26(11-9-25)35(27(36)18-28(37)38-2)19-21-4-5-22-6-7-23(29(31)32)17-24(22)16-21/h4-11,16-17,30H,3,12-15,18-19H2,1-2H3,(H3,31,32). The highest BCUT2D eigenvalue weighted by atomic mass is 16.5. The van der Waals surface area contributed by atoms with Gasteiger partial charge < -0.3 is 25.2 Å². The van der Waals surface area contributed by atoms with Crippen LogP contribution < -0.4 is 15.5 Å². The molecule has 0 bridgehead atoms. The minimum absolute atomic E-state index is 0.00245. The molecule has 0 atom stereocenters. The molecular formula is C29H34N6O3. The quantitative estimate of drug-likeness (QED) is 0.191. The maximum Gasteiger partial charge on any atom is 0.315 e. The summed E-state index contributed by atoms with van der Waals surface area (Å²) >= 11 is 0. The van der Waals surface area contributed by atoms with Crippen molar-refractivity contribution < 1.29 is 14.3 Å². The maximum absolute atomic E-state index is 13.2. The van der Waals surface area contributed by atoms with Crippen LogP contribution in [0.1, 0.15) is 30.9 Å². The van der Waals surface area contributed by atoms with Crippen molar-refractivity contribution in [3.8, 4) is 0 Å². The fourth-order valence-electron chi connectivity index (χ4n) is 4.71. The van der Waals surface area contributed by atoms with Gasteiger partial charge in [0.15, 0.2) is 0 Å². The number of nitrogen functional groups attached to an aromatic ring is 1. The van der Waals surface area contributed by atoms with E-state index < -0.39 is 5.97 Å². The lowest BCUT2D eigenvalue weighted by molar-refractivity contribution is -0.143. The van der Waals surface area contributed by atoms with Gasteiger partial charge in [-0.05, 0) is 66.1 Å². The number of nitrogens with two attached hydrogens (primary N) is 1. The molecule has 0 radical (unpaired) electrons. The van der Waals surface area contributed by atoms with Gasteiger partial charge >= 0.3 is 5.97 Å². The van der Waals surface area contributed by atoms with Crippen molar-refractivity contribution >= 4 is 45.7 Å². The average molecular weight is 515 g/mol. The Morgan fingerprint density at radius 3 is 2.37 bits per heavy atom. The van der Waals surface area contributed by atoms with E-state index >= 15 is 0 Å². The first-order valence-corrected chi connectivity index (χ1v) is 12.6. The fraction of sp³-hybridized carbons (Fsp3) is 0.310. The number of hydrogen-bond acceptors (Lipinski definition) is 6. The van der Waals surface area contributed by atoms with Gasteiger partial charge in [-0.25, -0.2) is 0 Å². The zero-order valence-corrected chi connectivity index (χ0v) is 21.9. The number of amides is 1. The number of carbonyl (C=O) groups excluding carboxylic acids is 2. The topological polar surface area (TPSA) is 127 Å². The monoisotopic (exact) mass is 514 g/mol. The van der Waals surface area contributed by atoms with Crippen LogP contribution in [0.3, 0.4) is 0 Å². The maximum atomic E-state index is 13.2. The number of amidine groups is 2. The molecule has 0 saturated carbocycles. The van der Waals surface area contributed by atoms with Crippen LogP contribution >= 0.6 is 0 Å². The number of ether oxygens (including phenoxy) is 1. The number of esters is 1. The Kier molecular flexibility index (Phi) is 8.25. The highest BCUT2D eigenvalue weighted by Crippen LogP contribution is 2.26. The summed E-state index contributed by atoms with van der Waals surface area (Å²) in [6.07, 6.45) is 0.611. The normalized spacial score (nSPS) is 13.6. The highest BCUT2D eigenvalue weighted by molar-refractivity contribution is 6.03. The Hall–Kier alpha value is -4.40. The molecule has 0 unspecified atom stereocenters. The molecule has 38 heavy (non-hydrogen) atoms. The highest BCUT2D eigenvalue weighted by Gasteiger charge is 2.21. The zero-order chi connectivity index (χ0) is 27.2. The van der Waals surface area contributed by atoms with E-state index in [4.69, 9.17) is 21.3 Å². The van der Waals surface area contributed by atoms with Crippen molar-refractivity contribution in [3.63, 3.8) is 0 Å². The summed E-state index contributed by atoms with van der Waals surface area (Å²) in [7, 11) is 1.27. The molecule has 1 fully saturated rings. The zero-order valence-electron chi connectivity index (χ0n) is 21.9. The second kappa shape index (κ2) is 11.8. The fourth-order valence-corrected chi connectivity index (χ4v) is 4.71. The van der Waals surface area contributed by atoms with Crippen molar-refractivity contribution in [2.75, 3.05) is 43.1 Å². The molecule has 1 saturated heterocycles. The molecule has 4 N–H and O–H groups in total. The Morgan fingerprint density at radius 1 is 0.947 bits per heavy atom. The van der Waals surface area contributed by atoms with E-state index in [1.54, 1.807) is 4.90 Å². The predicted octanol–water partition coefficient (Wildman–Crippen LogP) is 3.73. The SMILES string of the molecule is COC(=O)CC(=O)N(Cc1ccc2ccc(C(=N)N)cc2c1)c1ccc(N2CCCN(C(C)=N)CC2)cc1. The van der Waals surface area contributed by atoms with E-state index in [-0.39, 0.29) is 24.7 Å². The second-order valence-corrected chi connectivity index (χ2v) is 9.47. The van der Waals surface area contributed by atoms with Crippen molar-refractivity contribution in [2.24, 2.45) is 5.73 Å². The van der Waals surface area contributed by atoms with E-state index in [2.05, 4.69) is 9.80 Å². The molecule has 1 aliphatic heterocycles. The van der Waals surface area contributed by atoms with Gasteiger partial charge in [0.2, 0.25) is 5.91 Å². The lowest BCUT2D eigenvalue weighted by Crippen LogP contribution is -2.33. The Labute approximate surface area is 222 Å². The van der Waals surface area contributed by atoms with Crippen LogP contribution in [0.15, 0.2) is 60.7 Å². The summed E-state index contributed by atoms with van der Waals surface area (Å²) in [6, 6.07) is 19.3. The lowest BCUT2D eigenvalue weighted by atomic mass is 10.0. The van der Waals surface area contributed by atoms with E-state index in [1.807, 2.05) is 67.6 Å². The number of methoxy groups -OCH3 is 1. The van der Waals surface area contributed by atoms with Gasteiger partial charge in [-0.2, -0.15) is 0 Å². The van der Waals surface area contributed by atoms with E-state index in [9.17, 15) is 9.59 Å². The smallest absolute Gasteiger partial charge is 0.315 e. The van der Waals surface area contributed by atoms with E-state index in [0.29, 0.717) is 17.1 Å². The summed E-state index contributed by atoms with van der Waals surface area (Å²) in [5, 5.41) is 17.6. The molecule has 9 heteroatoms. The summed E-state index contributed by atoms with van der Waals surface area (Å²) < 4.78 is 4.74. The minimum atomic E-state index is -0.586. The van der Waals surface area contributed by atoms with Crippen LogP contribution in [0.5, 0.6) is 0 Å². The van der Waals surface area contributed by atoms with Crippen LogP contribution in [0, 0.1) is 10.8 Å². The summed E-state index contributed by atoms with van der Waals surface area (Å²) in [5.41, 5.74) is 8.93. The molecule has 0 aliphatic carbocycles. The summed E-state index contributed by atoms with van der Waals surface area (Å²) in [4.78, 5) is 31.1. The number of nitrogens with zero attached hydrogens (tertiary/aromatic N) is 3. The molecule has 0 spiro atoms. The molecule has 1 aliphatic rings. The molecule has 1 heterocycles. The number of nitrogens with one attached hydrogen (secondary N) is 2. The number of hydrogen-bond donors (Lipinski definition) is 3. The van der Waals surface area contributed by atoms with Crippen LogP contribution in [0.4, 0.5) is 11.4 Å². The lowest BCUT2D eigenvalue weighted by Gasteiger charge is -2.26. The minimum Gasteiger partial charge on any atom is -0.469 e. The largest absolute Gasteiger partial charge is 0.469 e. The molecule has 4 rings (SSSR count). The molecule has 1 amide bonds. The van der Waals surface area contributed by atoms with Crippen molar-refractivity contribution in [1.82, 2.24) is 4.90 Å². The van der Waals surface area contributed by atoms with Crippen LogP contribution in [-0.2, 0) is 20.9 Å². The van der Waals surface area contributed by atoms with Crippen LogP contribution in [0.2, 0.25) is 0 Å². The van der Waals surface area contributed by atoms with E-state index in [0.717, 1.165) is 54.6 Å². The molecule has 3 aromatic carbocycles. The summed E-state index contributed by atoms with van der Waals surface area (Å²) in [5.74, 6) is -0.351. The van der Waals surface area contributed by atoms with Crippen molar-refractivity contribution in [1.29, 1.82) is 10.8 Å². The van der Waals surface area contributed by atoms with Crippen molar-refractivity contribution in [2.45, 2.75) is 26.3 Å². The van der Waals surface area contributed by atoms with Gasteiger partial charge in [0.1, 0.15) is 12.3 Å². The number of anilines is 2. The number of carbonyl (C=O) groups is 2. The number of benzene rings is 3. The third kappa shape index (κ3) is 6.29. The van der Waals surface area contributed by atoms with Gasteiger partial charge in [-0.3, -0.25) is 20.4 Å². The van der Waals surface area contributed by atoms with Gasteiger partial charge in [-0.1, -0.05) is 24.3 Å². The molecule has 3 aromatic rings. The molecular weight excluding hydrogens is 480 g/mol. The number of fused-ring (bicyclic) bond motifs is 1. The van der Waals surface area contributed by atoms with Gasteiger partial charge in [0, 0.05) is 43.1 Å². The third-order valence-electron chi connectivity index (χ3n) is 6.88. The molecule has 9 nitrogen and oxygen atoms in total. The van der Waals surface area contributed by atoms with Gasteiger partial charge in [-0.15, -0.1) is 0 Å². The first-order chi connectivity index (χ1) is 18.2. The average Bonchev–Trinajstić information content (AvgIpc) is 3.18. The third-order valence-corrected chi connectivity index (χ3v) is 6.88. The number of rotatable bonds is 7. The second-order valence-electron chi connectivity index (χ2n) is 9.47. The van der Waals surface area contributed by atoms with Crippen LogP contribution in [0.25, 0.3) is 10.8 Å². The summed E-state index contributed by atoms with van der Waals surface area (Å²) in [6.45, 7) is 5.48. The van der Waals surface area contributed by atoms with Gasteiger partial charge in [0.25, 0.3) is 0 Å². The van der Waals surface area contributed by atoms with Crippen LogP contribution in [-0.4, -0.2) is 61.7 Å². The molecule has 198 valence electrons. The first-order valence-electron chi connectivity index (χ1n) is 12.6. The first kappa shape index (κ1) is 26.7. The Morgan fingerprint density at radius 2 is 1.68 bits per heavy atom. The van der Waals surface area contributed by atoms with Gasteiger partial charge in [0.05, 0.1) is 19.5 Å². The molecule has 0 aromatic heterocycles. The van der Waals surface area contributed by atoms with E-state index in [1.165, 1.54) is 7.11 Å². The Balaban J connectivity index is 1.59.